The van der Waals surface area contributed by atoms with Gasteiger partial charge in [0.05, 0.1) is 12.0 Å². The van der Waals surface area contributed by atoms with E-state index in [-0.39, 0.29) is 24.2 Å². The van der Waals surface area contributed by atoms with Crippen molar-refractivity contribution in [3.05, 3.63) is 34.9 Å². The summed E-state index contributed by atoms with van der Waals surface area (Å²) in [7, 11) is 1.66. The van der Waals surface area contributed by atoms with Gasteiger partial charge in [0.1, 0.15) is 0 Å². The third-order valence-electron chi connectivity index (χ3n) is 5.60. The normalized spacial score (nSPS) is 19.5. The predicted molar refractivity (Wildman–Crippen MR) is 112 cm³/mol. The van der Waals surface area contributed by atoms with Crippen LogP contribution in [0.4, 0.5) is 0 Å². The number of nitrogens with zero attached hydrogens (tertiary/aromatic N) is 2. The summed E-state index contributed by atoms with van der Waals surface area (Å²) in [6, 6.07) is 6.96. The molecular weight excluding hydrogens is 401 g/mol. The van der Waals surface area contributed by atoms with Crippen molar-refractivity contribution in [2.75, 3.05) is 53.0 Å². The summed E-state index contributed by atoms with van der Waals surface area (Å²) in [5.41, 5.74) is 0.198. The van der Waals surface area contributed by atoms with Crippen LogP contribution >= 0.6 is 24.0 Å². The molecule has 2 saturated heterocycles. The first kappa shape index (κ1) is 22.9. The first-order chi connectivity index (χ1) is 13.1. The van der Waals surface area contributed by atoms with Crippen molar-refractivity contribution in [1.82, 2.24) is 15.1 Å². The molecule has 6 nitrogen and oxygen atoms in total. The van der Waals surface area contributed by atoms with E-state index in [1.165, 1.54) is 0 Å². The van der Waals surface area contributed by atoms with Crippen LogP contribution in [0, 0.1) is 5.41 Å². The molecule has 0 saturated carbocycles. The van der Waals surface area contributed by atoms with Gasteiger partial charge in [-0.1, -0.05) is 11.6 Å². The highest BCUT2D eigenvalue weighted by Gasteiger charge is 2.42. The molecule has 0 radical (unpaired) electrons. The maximum Gasteiger partial charge on any atom is 0.253 e. The summed E-state index contributed by atoms with van der Waals surface area (Å²) in [5.74, 6) is 0.168. The molecule has 0 atom stereocenters. The van der Waals surface area contributed by atoms with Gasteiger partial charge in [0.15, 0.2) is 0 Å². The number of piperidine rings is 1. The number of hydrogen-bond acceptors (Lipinski definition) is 4. The molecular formula is C20H29Cl2N3O3. The van der Waals surface area contributed by atoms with Crippen LogP contribution in [-0.2, 0) is 9.53 Å². The van der Waals surface area contributed by atoms with Gasteiger partial charge in [-0.25, -0.2) is 0 Å². The molecule has 1 aromatic carbocycles. The minimum absolute atomic E-state index is 0. The Morgan fingerprint density at radius 2 is 1.68 bits per heavy atom. The SMILES string of the molecule is COCC1(C(=O)N2CCCN(C(=O)c3ccc(Cl)cc3)CC2)CCNCC1.Cl. The molecule has 3 rings (SSSR count). The number of carbonyl (C=O) groups is 2. The van der Waals surface area contributed by atoms with Gasteiger partial charge in [0.25, 0.3) is 5.91 Å². The predicted octanol–water partition coefficient (Wildman–Crippen LogP) is 2.45. The molecule has 156 valence electrons. The van der Waals surface area contributed by atoms with E-state index in [0.29, 0.717) is 43.4 Å². The number of methoxy groups -OCH3 is 1. The van der Waals surface area contributed by atoms with E-state index >= 15 is 0 Å². The quantitative estimate of drug-likeness (QED) is 0.798. The summed E-state index contributed by atoms with van der Waals surface area (Å²) in [5, 5.41) is 3.94. The monoisotopic (exact) mass is 429 g/mol. The maximum absolute atomic E-state index is 13.3. The van der Waals surface area contributed by atoms with E-state index in [1.54, 1.807) is 31.4 Å². The van der Waals surface area contributed by atoms with Crippen molar-refractivity contribution in [2.45, 2.75) is 19.3 Å². The van der Waals surface area contributed by atoms with Crippen molar-refractivity contribution in [3.8, 4) is 0 Å². The fourth-order valence-electron chi connectivity index (χ4n) is 4.04. The fourth-order valence-corrected chi connectivity index (χ4v) is 4.16. The van der Waals surface area contributed by atoms with Crippen LogP contribution < -0.4 is 5.32 Å². The maximum atomic E-state index is 13.3. The van der Waals surface area contributed by atoms with Gasteiger partial charge in [-0.15, -0.1) is 12.4 Å². The second-order valence-electron chi connectivity index (χ2n) is 7.41. The Hall–Kier alpha value is -1.34. The van der Waals surface area contributed by atoms with E-state index in [4.69, 9.17) is 16.3 Å². The smallest absolute Gasteiger partial charge is 0.253 e. The highest BCUT2D eigenvalue weighted by atomic mass is 35.5. The van der Waals surface area contributed by atoms with Crippen LogP contribution in [0.25, 0.3) is 0 Å². The summed E-state index contributed by atoms with van der Waals surface area (Å²) in [6.07, 6.45) is 2.37. The highest BCUT2D eigenvalue weighted by Crippen LogP contribution is 2.32. The Bertz CT molecular complexity index is 658. The van der Waals surface area contributed by atoms with Crippen LogP contribution in [-0.4, -0.2) is 74.6 Å². The molecule has 28 heavy (non-hydrogen) atoms. The molecule has 2 fully saturated rings. The van der Waals surface area contributed by atoms with E-state index in [0.717, 1.165) is 32.4 Å². The van der Waals surface area contributed by atoms with Crippen LogP contribution in [0.15, 0.2) is 24.3 Å². The molecule has 2 aliphatic rings. The van der Waals surface area contributed by atoms with Crippen molar-refractivity contribution < 1.29 is 14.3 Å². The fraction of sp³-hybridized carbons (Fsp3) is 0.600. The third kappa shape index (κ3) is 5.17. The molecule has 0 aromatic heterocycles. The third-order valence-corrected chi connectivity index (χ3v) is 5.85. The lowest BCUT2D eigenvalue weighted by molar-refractivity contribution is -0.147. The lowest BCUT2D eigenvalue weighted by Gasteiger charge is -2.39. The van der Waals surface area contributed by atoms with Crippen molar-refractivity contribution in [1.29, 1.82) is 0 Å². The molecule has 1 aromatic rings. The van der Waals surface area contributed by atoms with Crippen molar-refractivity contribution in [2.24, 2.45) is 5.41 Å². The summed E-state index contributed by atoms with van der Waals surface area (Å²) < 4.78 is 5.40. The Kier molecular flexibility index (Phi) is 8.56. The average molecular weight is 430 g/mol. The number of nitrogens with one attached hydrogen (secondary N) is 1. The van der Waals surface area contributed by atoms with Crippen LogP contribution in [0.3, 0.4) is 0 Å². The zero-order chi connectivity index (χ0) is 19.3. The molecule has 0 spiro atoms. The van der Waals surface area contributed by atoms with Crippen LogP contribution in [0.2, 0.25) is 5.02 Å². The Labute approximate surface area is 177 Å². The van der Waals surface area contributed by atoms with Crippen LogP contribution in [0.1, 0.15) is 29.6 Å². The number of benzene rings is 1. The Balaban J connectivity index is 0.00000280. The lowest BCUT2D eigenvalue weighted by atomic mass is 9.78. The molecule has 8 heteroatoms. The van der Waals surface area contributed by atoms with E-state index in [9.17, 15) is 9.59 Å². The number of rotatable bonds is 4. The largest absolute Gasteiger partial charge is 0.384 e. The molecule has 2 amide bonds. The molecule has 0 bridgehead atoms. The molecule has 1 N–H and O–H groups in total. The number of halogens is 2. The van der Waals surface area contributed by atoms with Crippen molar-refractivity contribution in [3.63, 3.8) is 0 Å². The lowest BCUT2D eigenvalue weighted by Crippen LogP contribution is -2.52. The topological polar surface area (TPSA) is 61.9 Å². The second kappa shape index (κ2) is 10.4. The van der Waals surface area contributed by atoms with Gasteiger partial charge in [0.2, 0.25) is 5.91 Å². The standard InChI is InChI=1S/C20H28ClN3O3.ClH/c1-27-15-20(7-9-22-10-8-20)19(26)24-12-2-11-23(13-14-24)18(25)16-3-5-17(21)6-4-16;/h3-6,22H,2,7-15H2,1H3;1H. The van der Waals surface area contributed by atoms with Crippen LogP contribution in [0.5, 0.6) is 0 Å². The molecule has 0 unspecified atom stereocenters. The zero-order valence-corrected chi connectivity index (χ0v) is 17.9. The van der Waals surface area contributed by atoms with Gasteiger partial charge in [-0.05, 0) is 56.6 Å². The highest BCUT2D eigenvalue weighted by molar-refractivity contribution is 6.30. The second-order valence-corrected chi connectivity index (χ2v) is 7.84. The number of ether oxygens (including phenoxy) is 1. The number of carbonyl (C=O) groups excluding carboxylic acids is 2. The molecule has 2 heterocycles. The van der Waals surface area contributed by atoms with Gasteiger partial charge >= 0.3 is 0 Å². The minimum atomic E-state index is -0.435. The Morgan fingerprint density at radius 3 is 2.32 bits per heavy atom. The van der Waals surface area contributed by atoms with E-state index in [2.05, 4.69) is 5.32 Å². The van der Waals surface area contributed by atoms with Crippen molar-refractivity contribution >= 4 is 35.8 Å². The Morgan fingerprint density at radius 1 is 1.07 bits per heavy atom. The molecule has 2 aliphatic heterocycles. The minimum Gasteiger partial charge on any atom is -0.384 e. The zero-order valence-electron chi connectivity index (χ0n) is 16.3. The first-order valence-corrected chi connectivity index (χ1v) is 9.97. The van der Waals surface area contributed by atoms with E-state index in [1.807, 2.05) is 9.80 Å². The summed E-state index contributed by atoms with van der Waals surface area (Å²) in [4.78, 5) is 29.8. The summed E-state index contributed by atoms with van der Waals surface area (Å²) in [6.45, 7) is 4.59. The van der Waals surface area contributed by atoms with Gasteiger partial charge in [-0.3, -0.25) is 9.59 Å². The molecule has 0 aliphatic carbocycles. The summed E-state index contributed by atoms with van der Waals surface area (Å²) >= 11 is 5.91. The van der Waals surface area contributed by atoms with Gasteiger partial charge in [-0.2, -0.15) is 0 Å². The number of hydrogen-bond donors (Lipinski definition) is 1. The van der Waals surface area contributed by atoms with Gasteiger partial charge in [0, 0.05) is 43.9 Å². The van der Waals surface area contributed by atoms with Gasteiger partial charge < -0.3 is 19.9 Å². The van der Waals surface area contributed by atoms with E-state index < -0.39 is 5.41 Å². The average Bonchev–Trinajstić information content (AvgIpc) is 2.94. The number of amides is 2. The first-order valence-electron chi connectivity index (χ1n) is 9.60.